The normalized spacial score (nSPS) is 10.6. The lowest BCUT2D eigenvalue weighted by Gasteiger charge is -2.02. The number of nitrogens with zero attached hydrogens (tertiary/aromatic N) is 3. The smallest absolute Gasteiger partial charge is 0.232 e. The molecule has 24 heavy (non-hydrogen) atoms. The van der Waals surface area contributed by atoms with Crippen molar-refractivity contribution >= 4 is 44.7 Å². The molecule has 6 nitrogen and oxygen atoms in total. The zero-order valence-electron chi connectivity index (χ0n) is 13.6. The van der Waals surface area contributed by atoms with Crippen molar-refractivity contribution < 1.29 is 4.79 Å². The number of aromatic nitrogens is 3. The largest absolute Gasteiger partial charge is 0.316 e. The Labute approximate surface area is 148 Å². The Morgan fingerprint density at radius 2 is 1.96 bits per heavy atom. The Bertz CT molecular complexity index is 851. The molecule has 3 aromatic rings. The molecule has 8 heteroatoms. The first-order chi connectivity index (χ1) is 11.5. The van der Waals surface area contributed by atoms with Gasteiger partial charge in [0.15, 0.2) is 10.3 Å². The number of hydrogen-bond acceptors (Lipinski definition) is 7. The average Bonchev–Trinajstić information content (AvgIpc) is 3.06. The number of nitrogens with one attached hydrogen (secondary N) is 2. The van der Waals surface area contributed by atoms with Crippen LogP contribution in [0.15, 0.2) is 23.6 Å². The van der Waals surface area contributed by atoms with Gasteiger partial charge in [-0.1, -0.05) is 6.07 Å². The molecular formula is C16H17N5OS2. The Morgan fingerprint density at radius 1 is 1.12 bits per heavy atom. The van der Waals surface area contributed by atoms with Crippen LogP contribution in [0.1, 0.15) is 22.0 Å². The minimum Gasteiger partial charge on any atom is -0.316 e. The van der Waals surface area contributed by atoms with Crippen molar-refractivity contribution in [1.29, 1.82) is 0 Å². The first-order valence-electron chi connectivity index (χ1n) is 7.38. The van der Waals surface area contributed by atoms with Crippen LogP contribution in [-0.4, -0.2) is 20.9 Å². The molecule has 3 heterocycles. The van der Waals surface area contributed by atoms with E-state index in [9.17, 15) is 4.79 Å². The predicted molar refractivity (Wildman–Crippen MR) is 98.3 cm³/mol. The van der Waals surface area contributed by atoms with Gasteiger partial charge in [-0.25, -0.2) is 15.0 Å². The number of hydrogen-bond donors (Lipinski definition) is 2. The zero-order chi connectivity index (χ0) is 17.1. The molecule has 0 radical (unpaired) electrons. The fourth-order valence-electron chi connectivity index (χ4n) is 2.02. The van der Waals surface area contributed by atoms with Crippen LogP contribution in [0.2, 0.25) is 0 Å². The lowest BCUT2D eigenvalue weighted by Crippen LogP contribution is -2.14. The van der Waals surface area contributed by atoms with Crippen LogP contribution < -0.4 is 10.6 Å². The number of aryl methyl sites for hydroxylation is 3. The Balaban J connectivity index is 1.60. The first kappa shape index (κ1) is 16.5. The quantitative estimate of drug-likeness (QED) is 0.723. The Hall–Kier alpha value is -2.32. The maximum Gasteiger partial charge on any atom is 0.232 e. The van der Waals surface area contributed by atoms with E-state index in [4.69, 9.17) is 0 Å². The highest BCUT2D eigenvalue weighted by atomic mass is 32.1. The third kappa shape index (κ3) is 4.15. The third-order valence-corrected chi connectivity index (χ3v) is 5.09. The number of carbonyl (C=O) groups is 1. The molecule has 0 aliphatic carbocycles. The summed E-state index contributed by atoms with van der Waals surface area (Å²) in [6.07, 6.45) is 0.219. The summed E-state index contributed by atoms with van der Waals surface area (Å²) in [4.78, 5) is 26.3. The fourth-order valence-corrected chi connectivity index (χ4v) is 3.57. The number of thiazole rings is 2. The second-order valence-electron chi connectivity index (χ2n) is 5.32. The first-order valence-corrected chi connectivity index (χ1v) is 9.08. The molecule has 0 unspecified atom stereocenters. The Morgan fingerprint density at radius 3 is 2.67 bits per heavy atom. The van der Waals surface area contributed by atoms with Gasteiger partial charge < -0.3 is 10.6 Å². The molecule has 0 atom stereocenters. The molecule has 0 aliphatic rings. The second-order valence-corrected chi connectivity index (χ2v) is 7.38. The molecule has 124 valence electrons. The molecule has 0 spiro atoms. The van der Waals surface area contributed by atoms with E-state index in [0.717, 1.165) is 32.9 Å². The number of rotatable bonds is 5. The van der Waals surface area contributed by atoms with Crippen molar-refractivity contribution in [2.45, 2.75) is 27.2 Å². The molecule has 3 rings (SSSR count). The van der Waals surface area contributed by atoms with Crippen LogP contribution in [0.4, 0.5) is 16.1 Å². The van der Waals surface area contributed by atoms with E-state index in [1.54, 1.807) is 0 Å². The van der Waals surface area contributed by atoms with Gasteiger partial charge in [0.1, 0.15) is 5.82 Å². The van der Waals surface area contributed by atoms with Gasteiger partial charge in [-0.3, -0.25) is 4.79 Å². The maximum atomic E-state index is 12.1. The van der Waals surface area contributed by atoms with Gasteiger partial charge in [0.05, 0.1) is 17.8 Å². The topological polar surface area (TPSA) is 79.8 Å². The van der Waals surface area contributed by atoms with E-state index in [2.05, 4.69) is 25.6 Å². The van der Waals surface area contributed by atoms with E-state index in [1.165, 1.54) is 22.7 Å². The van der Waals surface area contributed by atoms with Gasteiger partial charge in [-0.05, 0) is 32.9 Å². The van der Waals surface area contributed by atoms with Crippen molar-refractivity contribution in [2.75, 3.05) is 10.6 Å². The van der Waals surface area contributed by atoms with Crippen molar-refractivity contribution in [1.82, 2.24) is 15.0 Å². The lowest BCUT2D eigenvalue weighted by molar-refractivity contribution is -0.115. The highest BCUT2D eigenvalue weighted by Crippen LogP contribution is 2.22. The van der Waals surface area contributed by atoms with Crippen molar-refractivity contribution in [3.05, 3.63) is 45.5 Å². The molecule has 2 N–H and O–H groups in total. The summed E-state index contributed by atoms with van der Waals surface area (Å²) in [5, 5.41) is 9.19. The van der Waals surface area contributed by atoms with Gasteiger partial charge in [0, 0.05) is 16.0 Å². The number of pyridine rings is 1. The number of anilines is 3. The van der Waals surface area contributed by atoms with Crippen LogP contribution >= 0.6 is 22.7 Å². The molecule has 0 fully saturated rings. The predicted octanol–water partition coefficient (Wildman–Crippen LogP) is 3.84. The van der Waals surface area contributed by atoms with E-state index in [1.807, 2.05) is 44.4 Å². The minimum absolute atomic E-state index is 0.116. The van der Waals surface area contributed by atoms with E-state index < -0.39 is 0 Å². The van der Waals surface area contributed by atoms with Crippen LogP contribution in [0.5, 0.6) is 0 Å². The Kier molecular flexibility index (Phi) is 4.86. The molecule has 3 aromatic heterocycles. The van der Waals surface area contributed by atoms with Gasteiger partial charge in [-0.15, -0.1) is 22.7 Å². The molecule has 0 bridgehead atoms. The zero-order valence-corrected chi connectivity index (χ0v) is 15.2. The highest BCUT2D eigenvalue weighted by molar-refractivity contribution is 7.15. The summed E-state index contributed by atoms with van der Waals surface area (Å²) in [5.41, 5.74) is 2.60. The van der Waals surface area contributed by atoms with Gasteiger partial charge in [0.25, 0.3) is 0 Å². The van der Waals surface area contributed by atoms with Gasteiger partial charge in [0.2, 0.25) is 5.91 Å². The van der Waals surface area contributed by atoms with Crippen molar-refractivity contribution in [2.24, 2.45) is 0 Å². The fraction of sp³-hybridized carbons (Fsp3) is 0.250. The van der Waals surface area contributed by atoms with Crippen molar-refractivity contribution in [3.8, 4) is 0 Å². The van der Waals surface area contributed by atoms with Crippen LogP contribution in [-0.2, 0) is 11.2 Å². The average molecular weight is 359 g/mol. The van der Waals surface area contributed by atoms with E-state index >= 15 is 0 Å². The summed E-state index contributed by atoms with van der Waals surface area (Å²) in [6, 6.07) is 5.75. The molecular weight excluding hydrogens is 342 g/mol. The SMILES string of the molecule is Cc1cccc(Nc2nc(CC(=O)Nc3nc(C)c(C)s3)cs2)n1. The number of amides is 1. The summed E-state index contributed by atoms with van der Waals surface area (Å²) in [7, 11) is 0. The number of carbonyl (C=O) groups excluding carboxylic acids is 1. The molecule has 0 saturated heterocycles. The highest BCUT2D eigenvalue weighted by Gasteiger charge is 2.11. The minimum atomic E-state index is -0.116. The molecule has 1 amide bonds. The van der Waals surface area contributed by atoms with Crippen LogP contribution in [0.25, 0.3) is 0 Å². The van der Waals surface area contributed by atoms with E-state index in [-0.39, 0.29) is 12.3 Å². The molecule has 0 saturated carbocycles. The van der Waals surface area contributed by atoms with Crippen LogP contribution in [0, 0.1) is 20.8 Å². The van der Waals surface area contributed by atoms with Gasteiger partial charge >= 0.3 is 0 Å². The van der Waals surface area contributed by atoms with Gasteiger partial charge in [-0.2, -0.15) is 0 Å². The maximum absolute atomic E-state index is 12.1. The summed E-state index contributed by atoms with van der Waals surface area (Å²) >= 11 is 2.93. The molecule has 0 aliphatic heterocycles. The van der Waals surface area contributed by atoms with Crippen molar-refractivity contribution in [3.63, 3.8) is 0 Å². The second kappa shape index (κ2) is 7.06. The van der Waals surface area contributed by atoms with E-state index in [0.29, 0.717) is 5.13 Å². The van der Waals surface area contributed by atoms with Crippen LogP contribution in [0.3, 0.4) is 0 Å². The summed E-state index contributed by atoms with van der Waals surface area (Å²) in [6.45, 7) is 5.85. The third-order valence-electron chi connectivity index (χ3n) is 3.29. The lowest BCUT2D eigenvalue weighted by atomic mass is 10.3. The summed E-state index contributed by atoms with van der Waals surface area (Å²) in [5.74, 6) is 0.628. The monoisotopic (exact) mass is 359 g/mol. The summed E-state index contributed by atoms with van der Waals surface area (Å²) < 4.78 is 0. The standard InChI is InChI=1S/C16H17N5OS2/c1-9-5-4-6-13(17-9)20-15-19-12(8-23-15)7-14(22)21-16-18-10(2)11(3)24-16/h4-6,8H,7H2,1-3H3,(H,17,19,20)(H,18,21,22). The molecule has 0 aromatic carbocycles.